The molecule has 2 aliphatic heterocycles. The number of aromatic amines is 1. The SMILES string of the molecule is COc1ccc(CN2CCN(C3CC4(CCN(c5ccc(C=O)c(Oc6cnc7[nH]ccc7c6)c5)CC4)C3)CC2)cn1. The number of pyridine rings is 2. The van der Waals surface area contributed by atoms with Crippen molar-refractivity contribution in [2.45, 2.75) is 38.3 Å². The third-order valence-corrected chi connectivity index (χ3v) is 9.59. The summed E-state index contributed by atoms with van der Waals surface area (Å²) in [6.07, 6.45) is 11.4. The van der Waals surface area contributed by atoms with Gasteiger partial charge >= 0.3 is 0 Å². The first-order valence-corrected chi connectivity index (χ1v) is 15.0. The number of piperazine rings is 1. The summed E-state index contributed by atoms with van der Waals surface area (Å²) in [6, 6.07) is 14.6. The smallest absolute Gasteiger partial charge is 0.212 e. The molecule has 5 heterocycles. The van der Waals surface area contributed by atoms with Crippen molar-refractivity contribution in [1.29, 1.82) is 0 Å². The number of methoxy groups -OCH3 is 1. The Labute approximate surface area is 246 Å². The third kappa shape index (κ3) is 5.46. The molecule has 3 fully saturated rings. The molecule has 2 saturated heterocycles. The maximum absolute atomic E-state index is 11.8. The molecule has 3 aliphatic rings. The first-order chi connectivity index (χ1) is 20.6. The lowest BCUT2D eigenvalue weighted by Crippen LogP contribution is -2.59. The minimum absolute atomic E-state index is 0.479. The Hall–Kier alpha value is -3.95. The van der Waals surface area contributed by atoms with Crippen LogP contribution in [0.5, 0.6) is 17.4 Å². The lowest BCUT2D eigenvalue weighted by Gasteiger charge is -2.56. The van der Waals surface area contributed by atoms with Crippen molar-refractivity contribution < 1.29 is 14.3 Å². The van der Waals surface area contributed by atoms with Crippen LogP contribution in [0.3, 0.4) is 0 Å². The average Bonchev–Trinajstić information content (AvgIpc) is 3.49. The van der Waals surface area contributed by atoms with Gasteiger partial charge < -0.3 is 19.4 Å². The third-order valence-electron chi connectivity index (χ3n) is 9.59. The molecule has 1 aliphatic carbocycles. The number of fused-ring (bicyclic) bond motifs is 1. The highest BCUT2D eigenvalue weighted by molar-refractivity contribution is 5.81. The van der Waals surface area contributed by atoms with Gasteiger partial charge in [-0.3, -0.25) is 14.6 Å². The first kappa shape index (κ1) is 26.9. The van der Waals surface area contributed by atoms with Crippen molar-refractivity contribution in [3.05, 3.63) is 72.2 Å². The highest BCUT2D eigenvalue weighted by Gasteiger charge is 2.48. The topological polar surface area (TPSA) is 86.8 Å². The Balaban J connectivity index is 0.908. The molecule has 218 valence electrons. The number of aldehydes is 1. The van der Waals surface area contributed by atoms with Crippen LogP contribution in [0, 0.1) is 5.41 Å². The lowest BCUT2D eigenvalue weighted by molar-refractivity contribution is -0.0355. The number of carbonyl (C=O) groups is 1. The number of ether oxygens (including phenoxy) is 2. The maximum Gasteiger partial charge on any atom is 0.212 e. The number of H-pyrrole nitrogens is 1. The lowest BCUT2D eigenvalue weighted by atomic mass is 9.60. The molecule has 0 bridgehead atoms. The van der Waals surface area contributed by atoms with Gasteiger partial charge in [-0.15, -0.1) is 0 Å². The van der Waals surface area contributed by atoms with Crippen LogP contribution in [0.15, 0.2) is 61.1 Å². The Morgan fingerprint density at radius 2 is 1.81 bits per heavy atom. The quantitative estimate of drug-likeness (QED) is 0.294. The standard InChI is InChI=1S/C33H38N6O3/c1-41-31-5-2-24(20-35-31)22-37-12-14-39(15-13-37)28-18-33(19-28)7-10-38(11-8-33)27-4-3-26(23-40)30(17-27)42-29-16-25-6-9-34-32(25)36-21-29/h2-6,9,16-17,20-21,23,28H,7-8,10-15,18-19,22H2,1H3,(H,34,36). The summed E-state index contributed by atoms with van der Waals surface area (Å²) in [5, 5.41) is 0.976. The number of carbonyl (C=O) groups excluding carboxylic acids is 1. The number of nitrogens with zero attached hydrogens (tertiary/aromatic N) is 5. The van der Waals surface area contributed by atoms with Crippen LogP contribution in [0.25, 0.3) is 11.0 Å². The maximum atomic E-state index is 11.8. The summed E-state index contributed by atoms with van der Waals surface area (Å²) >= 11 is 0. The van der Waals surface area contributed by atoms with Crippen molar-refractivity contribution in [1.82, 2.24) is 24.8 Å². The van der Waals surface area contributed by atoms with E-state index < -0.39 is 0 Å². The average molecular weight is 567 g/mol. The Morgan fingerprint density at radius 3 is 2.55 bits per heavy atom. The molecule has 4 aromatic rings. The molecule has 9 nitrogen and oxygen atoms in total. The molecule has 1 spiro atoms. The van der Waals surface area contributed by atoms with E-state index in [0.29, 0.717) is 28.4 Å². The van der Waals surface area contributed by atoms with E-state index >= 15 is 0 Å². The van der Waals surface area contributed by atoms with Crippen LogP contribution in [-0.2, 0) is 6.54 Å². The number of benzene rings is 1. The molecular weight excluding hydrogens is 528 g/mol. The fraction of sp³-hybridized carbons (Fsp3) is 0.424. The molecule has 0 unspecified atom stereocenters. The fourth-order valence-corrected chi connectivity index (χ4v) is 7.02. The van der Waals surface area contributed by atoms with E-state index in [1.165, 1.54) is 31.2 Å². The van der Waals surface area contributed by atoms with E-state index in [0.717, 1.165) is 74.9 Å². The van der Waals surface area contributed by atoms with Crippen molar-refractivity contribution >= 4 is 23.0 Å². The largest absolute Gasteiger partial charge is 0.481 e. The van der Waals surface area contributed by atoms with Gasteiger partial charge in [0.05, 0.1) is 18.9 Å². The van der Waals surface area contributed by atoms with Gasteiger partial charge in [0, 0.05) is 87.5 Å². The number of nitrogens with one attached hydrogen (secondary N) is 1. The van der Waals surface area contributed by atoms with E-state index in [1.54, 1.807) is 13.3 Å². The molecule has 1 saturated carbocycles. The van der Waals surface area contributed by atoms with E-state index in [1.807, 2.05) is 48.8 Å². The van der Waals surface area contributed by atoms with Crippen molar-refractivity contribution in [2.24, 2.45) is 5.41 Å². The predicted octanol–water partition coefficient (Wildman–Crippen LogP) is 5.14. The van der Waals surface area contributed by atoms with Crippen LogP contribution >= 0.6 is 0 Å². The second-order valence-corrected chi connectivity index (χ2v) is 12.1. The fourth-order valence-electron chi connectivity index (χ4n) is 7.02. The molecule has 7 rings (SSSR count). The summed E-state index contributed by atoms with van der Waals surface area (Å²) in [6.45, 7) is 7.54. The number of anilines is 1. The van der Waals surface area contributed by atoms with Crippen LogP contribution in [0.1, 0.15) is 41.6 Å². The van der Waals surface area contributed by atoms with Gasteiger partial charge in [0.1, 0.15) is 17.1 Å². The highest BCUT2D eigenvalue weighted by atomic mass is 16.5. The highest BCUT2D eigenvalue weighted by Crippen LogP contribution is 2.51. The van der Waals surface area contributed by atoms with E-state index in [9.17, 15) is 4.79 Å². The summed E-state index contributed by atoms with van der Waals surface area (Å²) in [7, 11) is 1.65. The summed E-state index contributed by atoms with van der Waals surface area (Å²) in [5.41, 5.74) is 4.20. The van der Waals surface area contributed by atoms with Crippen LogP contribution in [0.2, 0.25) is 0 Å². The second kappa shape index (κ2) is 11.4. The molecular formula is C33H38N6O3. The van der Waals surface area contributed by atoms with Gasteiger partial charge in [0.25, 0.3) is 0 Å². The summed E-state index contributed by atoms with van der Waals surface area (Å²) in [4.78, 5) is 31.3. The predicted molar refractivity (Wildman–Crippen MR) is 163 cm³/mol. The second-order valence-electron chi connectivity index (χ2n) is 12.1. The van der Waals surface area contributed by atoms with E-state index in [2.05, 4.69) is 35.7 Å². The van der Waals surface area contributed by atoms with Crippen molar-refractivity contribution in [3.63, 3.8) is 0 Å². The summed E-state index contributed by atoms with van der Waals surface area (Å²) in [5.74, 6) is 1.87. The molecule has 0 radical (unpaired) electrons. The zero-order chi connectivity index (χ0) is 28.5. The number of rotatable bonds is 8. The monoisotopic (exact) mass is 566 g/mol. The molecule has 42 heavy (non-hydrogen) atoms. The van der Waals surface area contributed by atoms with Crippen LogP contribution in [0.4, 0.5) is 5.69 Å². The number of hydrogen-bond donors (Lipinski definition) is 1. The zero-order valence-corrected chi connectivity index (χ0v) is 24.2. The molecule has 0 atom stereocenters. The van der Waals surface area contributed by atoms with E-state index in [4.69, 9.17) is 9.47 Å². The van der Waals surface area contributed by atoms with Gasteiger partial charge in [-0.05, 0) is 60.9 Å². The Morgan fingerprint density at radius 1 is 0.976 bits per heavy atom. The van der Waals surface area contributed by atoms with Gasteiger partial charge in [-0.2, -0.15) is 0 Å². The van der Waals surface area contributed by atoms with Crippen molar-refractivity contribution in [3.8, 4) is 17.4 Å². The normalized spacial score (nSPS) is 19.6. The minimum Gasteiger partial charge on any atom is -0.481 e. The molecule has 1 N–H and O–H groups in total. The minimum atomic E-state index is 0.479. The van der Waals surface area contributed by atoms with Gasteiger partial charge in [-0.1, -0.05) is 6.07 Å². The Kier molecular flexibility index (Phi) is 7.29. The van der Waals surface area contributed by atoms with Gasteiger partial charge in [0.15, 0.2) is 6.29 Å². The molecule has 9 heteroatoms. The van der Waals surface area contributed by atoms with E-state index in [-0.39, 0.29) is 0 Å². The molecule has 1 aromatic carbocycles. The van der Waals surface area contributed by atoms with Crippen LogP contribution in [-0.4, -0.2) is 83.5 Å². The number of aromatic nitrogens is 3. The van der Waals surface area contributed by atoms with Crippen molar-refractivity contribution in [2.75, 3.05) is 51.3 Å². The van der Waals surface area contributed by atoms with Gasteiger partial charge in [-0.25, -0.2) is 9.97 Å². The van der Waals surface area contributed by atoms with Gasteiger partial charge in [0.2, 0.25) is 5.88 Å². The molecule has 0 amide bonds. The van der Waals surface area contributed by atoms with Crippen LogP contribution < -0.4 is 14.4 Å². The number of piperidine rings is 1. The molecule has 3 aromatic heterocycles. The first-order valence-electron chi connectivity index (χ1n) is 15.0. The Bertz CT molecular complexity index is 1530. The zero-order valence-electron chi connectivity index (χ0n) is 24.2. The summed E-state index contributed by atoms with van der Waals surface area (Å²) < 4.78 is 11.3. The number of hydrogen-bond acceptors (Lipinski definition) is 8.